The Morgan fingerprint density at radius 3 is 1.96 bits per heavy atom. The SMILES string of the molecule is CCC[CH2][Sn](/[CH]=C/[C@]1(C)OC(=O)C[C@@H]1O)([CH2]CCC)[CH2]CCC. The summed E-state index contributed by atoms with van der Waals surface area (Å²) in [4.78, 5) is 11.5. The average Bonchev–Trinajstić information content (AvgIpc) is 2.79. The number of aliphatic hydroxyl groups excluding tert-OH is 1. The van der Waals surface area contributed by atoms with Crippen LogP contribution in [0.2, 0.25) is 13.3 Å². The Kier molecular flexibility index (Phi) is 9.20. The molecule has 23 heavy (non-hydrogen) atoms. The number of cyclic esters (lactones) is 1. The van der Waals surface area contributed by atoms with Gasteiger partial charge in [0.1, 0.15) is 0 Å². The molecule has 1 N–H and O–H groups in total. The molecule has 0 aliphatic carbocycles. The molecule has 1 fully saturated rings. The van der Waals surface area contributed by atoms with Crippen molar-refractivity contribution in [3.8, 4) is 0 Å². The normalized spacial score (nSPS) is 25.3. The van der Waals surface area contributed by atoms with E-state index in [4.69, 9.17) is 4.74 Å². The third-order valence-electron chi connectivity index (χ3n) is 5.21. The van der Waals surface area contributed by atoms with Gasteiger partial charge in [0, 0.05) is 0 Å². The molecule has 0 radical (unpaired) electrons. The predicted molar refractivity (Wildman–Crippen MR) is 99.2 cm³/mol. The van der Waals surface area contributed by atoms with Crippen molar-refractivity contribution in [1.82, 2.24) is 0 Å². The molecule has 4 heteroatoms. The van der Waals surface area contributed by atoms with Crippen molar-refractivity contribution >= 4 is 24.3 Å². The fourth-order valence-electron chi connectivity index (χ4n) is 3.41. The summed E-state index contributed by atoms with van der Waals surface area (Å²) in [6.45, 7) is 8.66. The quantitative estimate of drug-likeness (QED) is 0.370. The van der Waals surface area contributed by atoms with Gasteiger partial charge >= 0.3 is 147 Å². The van der Waals surface area contributed by atoms with E-state index < -0.39 is 30.1 Å². The van der Waals surface area contributed by atoms with Crippen LogP contribution in [0.5, 0.6) is 0 Å². The summed E-state index contributed by atoms with van der Waals surface area (Å²) in [6.07, 6.45) is 9.19. The summed E-state index contributed by atoms with van der Waals surface area (Å²) in [5.41, 5.74) is -0.802. The van der Waals surface area contributed by atoms with Gasteiger partial charge in [0.2, 0.25) is 0 Å². The Hall–Kier alpha value is -0.0313. The number of carbonyl (C=O) groups excluding carboxylic acids is 1. The number of hydrogen-bond donors (Lipinski definition) is 1. The van der Waals surface area contributed by atoms with Crippen molar-refractivity contribution in [3.63, 3.8) is 0 Å². The van der Waals surface area contributed by atoms with Gasteiger partial charge in [-0.25, -0.2) is 0 Å². The second kappa shape index (κ2) is 10.1. The third-order valence-corrected chi connectivity index (χ3v) is 19.3. The van der Waals surface area contributed by atoms with Gasteiger partial charge in [-0.1, -0.05) is 0 Å². The van der Waals surface area contributed by atoms with Gasteiger partial charge in [-0.2, -0.15) is 0 Å². The maximum atomic E-state index is 11.5. The van der Waals surface area contributed by atoms with Crippen LogP contribution >= 0.6 is 0 Å². The number of hydrogen-bond acceptors (Lipinski definition) is 3. The molecule has 0 aromatic rings. The van der Waals surface area contributed by atoms with Crippen LogP contribution in [0.3, 0.4) is 0 Å². The summed E-state index contributed by atoms with van der Waals surface area (Å²) in [5, 5.41) is 10.2. The average molecular weight is 431 g/mol. The first-order chi connectivity index (χ1) is 10.9. The number of aliphatic hydroxyl groups is 1. The molecule has 1 rings (SSSR count). The molecule has 0 unspecified atom stereocenters. The summed E-state index contributed by atoms with van der Waals surface area (Å²) < 4.78 is 12.1. The number of esters is 1. The number of carbonyl (C=O) groups is 1. The molecule has 0 bridgehead atoms. The van der Waals surface area contributed by atoms with Crippen LogP contribution in [0.15, 0.2) is 10.2 Å². The summed E-state index contributed by atoms with van der Waals surface area (Å²) in [5.74, 6) is -0.277. The van der Waals surface area contributed by atoms with E-state index in [-0.39, 0.29) is 12.4 Å². The molecule has 2 atom stereocenters. The predicted octanol–water partition coefficient (Wildman–Crippen LogP) is 5.00. The molecule has 134 valence electrons. The van der Waals surface area contributed by atoms with Crippen LogP contribution in [0, 0.1) is 0 Å². The van der Waals surface area contributed by atoms with Crippen molar-refractivity contribution < 1.29 is 14.6 Å². The molecule has 1 saturated heterocycles. The first kappa shape index (κ1) is 21.0. The standard InChI is InChI=1S/C7H9O3.3C4H9.Sn/c1-3-7(2)5(8)4-6(9)10-7;3*1-3-4-2;/h1,3,5,8H,4H2,2H3;3*1,3-4H2,2H3;/t5-,7-;;;;/m0..../s1. The Morgan fingerprint density at radius 1 is 1.13 bits per heavy atom. The molecular weight excluding hydrogens is 395 g/mol. The summed E-state index contributed by atoms with van der Waals surface area (Å²) >= 11 is -2.37. The Morgan fingerprint density at radius 2 is 1.61 bits per heavy atom. The van der Waals surface area contributed by atoms with Crippen molar-refractivity contribution in [2.45, 2.75) is 97.7 Å². The first-order valence-corrected chi connectivity index (χ1v) is 17.2. The number of rotatable bonds is 11. The van der Waals surface area contributed by atoms with E-state index in [1.165, 1.54) is 51.8 Å². The van der Waals surface area contributed by atoms with Gasteiger partial charge in [-0.3, -0.25) is 0 Å². The van der Waals surface area contributed by atoms with Crippen LogP contribution in [-0.2, 0) is 9.53 Å². The zero-order valence-electron chi connectivity index (χ0n) is 15.6. The van der Waals surface area contributed by atoms with E-state index in [1.54, 1.807) is 0 Å². The molecule has 1 heterocycles. The molecule has 0 aromatic heterocycles. The maximum absolute atomic E-state index is 11.5. The number of ether oxygens (including phenoxy) is 1. The Bertz CT molecular complexity index is 372. The molecule has 0 spiro atoms. The molecule has 3 nitrogen and oxygen atoms in total. The van der Waals surface area contributed by atoms with Crippen molar-refractivity contribution in [1.29, 1.82) is 0 Å². The zero-order valence-corrected chi connectivity index (χ0v) is 18.4. The minimum atomic E-state index is -2.37. The van der Waals surface area contributed by atoms with Gasteiger partial charge in [0.25, 0.3) is 0 Å². The second-order valence-electron chi connectivity index (χ2n) is 7.38. The van der Waals surface area contributed by atoms with E-state index in [1.807, 2.05) is 6.92 Å². The van der Waals surface area contributed by atoms with Gasteiger partial charge in [-0.15, -0.1) is 0 Å². The third kappa shape index (κ3) is 6.41. The van der Waals surface area contributed by atoms with E-state index in [0.29, 0.717) is 0 Å². The molecule has 1 aliphatic rings. The van der Waals surface area contributed by atoms with Crippen LogP contribution < -0.4 is 0 Å². The second-order valence-corrected chi connectivity index (χ2v) is 20.4. The van der Waals surface area contributed by atoms with Gasteiger partial charge in [0.05, 0.1) is 0 Å². The van der Waals surface area contributed by atoms with Crippen LogP contribution in [0.4, 0.5) is 0 Å². The molecule has 0 saturated carbocycles. The summed E-state index contributed by atoms with van der Waals surface area (Å²) in [6, 6.07) is 0. The van der Waals surface area contributed by atoms with Gasteiger partial charge in [-0.05, 0) is 0 Å². The molecule has 0 amide bonds. The molecule has 0 aromatic carbocycles. The monoisotopic (exact) mass is 432 g/mol. The van der Waals surface area contributed by atoms with E-state index in [2.05, 4.69) is 30.9 Å². The van der Waals surface area contributed by atoms with Crippen molar-refractivity contribution in [2.75, 3.05) is 0 Å². The molecular formula is C19H36O3Sn. The fraction of sp³-hybridized carbons (Fsp3) is 0.842. The van der Waals surface area contributed by atoms with Crippen LogP contribution in [-0.4, -0.2) is 41.2 Å². The van der Waals surface area contributed by atoms with Crippen molar-refractivity contribution in [2.24, 2.45) is 0 Å². The van der Waals surface area contributed by atoms with E-state index >= 15 is 0 Å². The zero-order chi connectivity index (χ0) is 17.3. The van der Waals surface area contributed by atoms with Crippen LogP contribution in [0.1, 0.15) is 72.6 Å². The fourth-order valence-corrected chi connectivity index (χ4v) is 18.0. The van der Waals surface area contributed by atoms with E-state index in [9.17, 15) is 9.90 Å². The molecule has 1 aliphatic heterocycles. The topological polar surface area (TPSA) is 46.5 Å². The number of unbranched alkanes of at least 4 members (excludes halogenated alkanes) is 3. The Balaban J connectivity index is 2.95. The van der Waals surface area contributed by atoms with Gasteiger partial charge in [0.15, 0.2) is 0 Å². The minimum absolute atomic E-state index is 0.127. The van der Waals surface area contributed by atoms with Crippen LogP contribution in [0.25, 0.3) is 0 Å². The summed E-state index contributed by atoms with van der Waals surface area (Å²) in [7, 11) is 0. The first-order valence-electron chi connectivity index (χ1n) is 9.51. The van der Waals surface area contributed by atoms with Gasteiger partial charge < -0.3 is 0 Å². The van der Waals surface area contributed by atoms with Crippen molar-refractivity contribution in [3.05, 3.63) is 10.2 Å². The van der Waals surface area contributed by atoms with E-state index in [0.717, 1.165) is 0 Å². The Labute approximate surface area is 146 Å².